The highest BCUT2D eigenvalue weighted by Gasteiger charge is 2.20. The molecule has 1 nitrogen and oxygen atoms in total. The van der Waals surface area contributed by atoms with Gasteiger partial charge in [0.05, 0.1) is 3.79 Å². The molecule has 1 fully saturated rings. The molecular formula is C12H18BrNS. The standard InChI is InChI=1S/C12H18BrNS/c1-8-10(7-12(13)15-8)11(14)6-9-4-2-3-5-9/h7,9,11H,2-6,14H2,1H3. The number of hydrogen-bond donors (Lipinski definition) is 1. The summed E-state index contributed by atoms with van der Waals surface area (Å²) < 4.78 is 1.21. The molecule has 1 aliphatic rings. The summed E-state index contributed by atoms with van der Waals surface area (Å²) in [6.45, 7) is 2.17. The van der Waals surface area contributed by atoms with Crippen molar-refractivity contribution in [3.63, 3.8) is 0 Å². The van der Waals surface area contributed by atoms with E-state index in [1.807, 2.05) is 0 Å². The van der Waals surface area contributed by atoms with Gasteiger partial charge in [0.2, 0.25) is 0 Å². The molecule has 84 valence electrons. The fourth-order valence-electron chi connectivity index (χ4n) is 2.56. The van der Waals surface area contributed by atoms with Crippen LogP contribution in [0, 0.1) is 12.8 Å². The number of aryl methyl sites for hydroxylation is 1. The van der Waals surface area contributed by atoms with Crippen molar-refractivity contribution in [2.45, 2.75) is 45.1 Å². The lowest BCUT2D eigenvalue weighted by Gasteiger charge is -2.16. The maximum atomic E-state index is 6.27. The molecule has 2 rings (SSSR count). The maximum Gasteiger partial charge on any atom is 0.0704 e. The zero-order valence-electron chi connectivity index (χ0n) is 9.13. The van der Waals surface area contributed by atoms with Gasteiger partial charge in [0, 0.05) is 10.9 Å². The van der Waals surface area contributed by atoms with Crippen molar-refractivity contribution in [2.75, 3.05) is 0 Å². The highest BCUT2D eigenvalue weighted by atomic mass is 79.9. The topological polar surface area (TPSA) is 26.0 Å². The van der Waals surface area contributed by atoms with Gasteiger partial charge in [-0.25, -0.2) is 0 Å². The van der Waals surface area contributed by atoms with E-state index in [1.165, 1.54) is 46.3 Å². The highest BCUT2D eigenvalue weighted by molar-refractivity contribution is 9.11. The first-order valence-corrected chi connectivity index (χ1v) is 7.29. The van der Waals surface area contributed by atoms with Crippen LogP contribution < -0.4 is 5.73 Å². The Morgan fingerprint density at radius 2 is 2.20 bits per heavy atom. The van der Waals surface area contributed by atoms with Crippen LogP contribution in [0.25, 0.3) is 0 Å². The molecule has 0 saturated heterocycles. The minimum atomic E-state index is 0.246. The Bertz CT molecular complexity index is 328. The van der Waals surface area contributed by atoms with Crippen LogP contribution in [-0.4, -0.2) is 0 Å². The van der Waals surface area contributed by atoms with E-state index in [0.717, 1.165) is 5.92 Å². The van der Waals surface area contributed by atoms with Gasteiger partial charge in [0.25, 0.3) is 0 Å². The Balaban J connectivity index is 2.00. The van der Waals surface area contributed by atoms with Gasteiger partial charge in [0.1, 0.15) is 0 Å². The van der Waals surface area contributed by atoms with Crippen LogP contribution in [0.3, 0.4) is 0 Å². The Kier molecular flexibility index (Phi) is 3.86. The van der Waals surface area contributed by atoms with Gasteiger partial charge in [-0.2, -0.15) is 0 Å². The summed E-state index contributed by atoms with van der Waals surface area (Å²) in [6, 6.07) is 2.44. The molecule has 1 unspecified atom stereocenters. The zero-order chi connectivity index (χ0) is 10.8. The summed E-state index contributed by atoms with van der Waals surface area (Å²) in [5.41, 5.74) is 7.62. The lowest BCUT2D eigenvalue weighted by molar-refractivity contribution is 0.450. The zero-order valence-corrected chi connectivity index (χ0v) is 11.5. The van der Waals surface area contributed by atoms with E-state index in [2.05, 4.69) is 28.9 Å². The Labute approximate surface area is 104 Å². The molecule has 1 aliphatic carbocycles. The third-order valence-electron chi connectivity index (χ3n) is 3.39. The Hall–Kier alpha value is 0.140. The van der Waals surface area contributed by atoms with Gasteiger partial charge in [-0.3, -0.25) is 0 Å². The Morgan fingerprint density at radius 3 is 2.73 bits per heavy atom. The Morgan fingerprint density at radius 1 is 1.53 bits per heavy atom. The highest BCUT2D eigenvalue weighted by Crippen LogP contribution is 2.36. The van der Waals surface area contributed by atoms with E-state index in [9.17, 15) is 0 Å². The number of thiophene rings is 1. The van der Waals surface area contributed by atoms with Crippen LogP contribution in [0.4, 0.5) is 0 Å². The molecule has 0 bridgehead atoms. The first kappa shape index (κ1) is 11.6. The lowest BCUT2D eigenvalue weighted by Crippen LogP contribution is -2.14. The lowest BCUT2D eigenvalue weighted by atomic mass is 9.95. The van der Waals surface area contributed by atoms with Crippen molar-refractivity contribution < 1.29 is 0 Å². The normalized spacial score (nSPS) is 19.7. The van der Waals surface area contributed by atoms with Gasteiger partial charge in [-0.05, 0) is 46.8 Å². The third kappa shape index (κ3) is 2.83. The smallest absolute Gasteiger partial charge is 0.0704 e. The second kappa shape index (κ2) is 4.98. The summed E-state index contributed by atoms with van der Waals surface area (Å²) in [7, 11) is 0. The average molecular weight is 288 g/mol. The minimum Gasteiger partial charge on any atom is -0.324 e. The van der Waals surface area contributed by atoms with E-state index < -0.39 is 0 Å². The molecule has 1 atom stereocenters. The van der Waals surface area contributed by atoms with Gasteiger partial charge in [0.15, 0.2) is 0 Å². The summed E-state index contributed by atoms with van der Waals surface area (Å²) in [4.78, 5) is 1.37. The first-order chi connectivity index (χ1) is 7.16. The minimum absolute atomic E-state index is 0.246. The first-order valence-electron chi connectivity index (χ1n) is 5.68. The third-order valence-corrected chi connectivity index (χ3v) is 4.96. The summed E-state index contributed by atoms with van der Waals surface area (Å²) in [5, 5.41) is 0. The molecule has 0 spiro atoms. The molecule has 1 saturated carbocycles. The van der Waals surface area contributed by atoms with E-state index in [0.29, 0.717) is 0 Å². The molecule has 1 aromatic heterocycles. The molecular weight excluding hydrogens is 270 g/mol. The molecule has 1 aromatic rings. The predicted molar refractivity (Wildman–Crippen MR) is 70.3 cm³/mol. The van der Waals surface area contributed by atoms with E-state index in [1.54, 1.807) is 11.3 Å². The van der Waals surface area contributed by atoms with Crippen LogP contribution in [0.2, 0.25) is 0 Å². The van der Waals surface area contributed by atoms with Crippen LogP contribution in [0.5, 0.6) is 0 Å². The molecule has 2 N–H and O–H groups in total. The van der Waals surface area contributed by atoms with Crippen molar-refractivity contribution >= 4 is 27.3 Å². The second-order valence-electron chi connectivity index (χ2n) is 4.55. The fraction of sp³-hybridized carbons (Fsp3) is 0.667. The van der Waals surface area contributed by atoms with Crippen LogP contribution in [-0.2, 0) is 0 Å². The second-order valence-corrected chi connectivity index (χ2v) is 7.19. The van der Waals surface area contributed by atoms with Gasteiger partial charge < -0.3 is 5.73 Å². The largest absolute Gasteiger partial charge is 0.324 e. The quantitative estimate of drug-likeness (QED) is 0.876. The number of halogens is 1. The molecule has 0 amide bonds. The molecule has 1 heterocycles. The number of rotatable bonds is 3. The van der Waals surface area contributed by atoms with Gasteiger partial charge in [-0.15, -0.1) is 11.3 Å². The average Bonchev–Trinajstić information content (AvgIpc) is 2.75. The van der Waals surface area contributed by atoms with Crippen molar-refractivity contribution in [3.05, 3.63) is 20.3 Å². The maximum absolute atomic E-state index is 6.27. The molecule has 15 heavy (non-hydrogen) atoms. The number of nitrogens with two attached hydrogens (primary N) is 1. The van der Waals surface area contributed by atoms with Crippen molar-refractivity contribution in [1.82, 2.24) is 0 Å². The molecule has 0 aliphatic heterocycles. The van der Waals surface area contributed by atoms with E-state index in [-0.39, 0.29) is 6.04 Å². The molecule has 0 aromatic carbocycles. The predicted octanol–water partition coefficient (Wildman–Crippen LogP) is 4.40. The molecule has 3 heteroatoms. The van der Waals surface area contributed by atoms with Crippen molar-refractivity contribution in [2.24, 2.45) is 11.7 Å². The van der Waals surface area contributed by atoms with Crippen LogP contribution in [0.15, 0.2) is 9.85 Å². The van der Waals surface area contributed by atoms with E-state index in [4.69, 9.17) is 5.73 Å². The monoisotopic (exact) mass is 287 g/mol. The summed E-state index contributed by atoms with van der Waals surface area (Å²) in [5.74, 6) is 0.873. The van der Waals surface area contributed by atoms with Crippen molar-refractivity contribution in [3.8, 4) is 0 Å². The van der Waals surface area contributed by atoms with Crippen LogP contribution in [0.1, 0.15) is 48.6 Å². The van der Waals surface area contributed by atoms with E-state index >= 15 is 0 Å². The van der Waals surface area contributed by atoms with Gasteiger partial charge >= 0.3 is 0 Å². The summed E-state index contributed by atoms with van der Waals surface area (Å²) >= 11 is 5.32. The SMILES string of the molecule is Cc1sc(Br)cc1C(N)CC1CCCC1. The summed E-state index contributed by atoms with van der Waals surface area (Å²) in [6.07, 6.45) is 6.76. The van der Waals surface area contributed by atoms with Crippen LogP contribution >= 0.6 is 27.3 Å². The fourth-order valence-corrected chi connectivity index (χ4v) is 4.34. The van der Waals surface area contributed by atoms with Crippen molar-refractivity contribution in [1.29, 1.82) is 0 Å². The molecule has 0 radical (unpaired) electrons. The van der Waals surface area contributed by atoms with Gasteiger partial charge in [-0.1, -0.05) is 25.7 Å². The number of hydrogen-bond acceptors (Lipinski definition) is 2.